The molecule has 0 fully saturated rings. The van der Waals surface area contributed by atoms with Crippen molar-refractivity contribution in [2.45, 2.75) is 0 Å². The molecule has 0 bridgehead atoms. The minimum atomic E-state index is 0.644. The molecule has 0 aliphatic carbocycles. The Morgan fingerprint density at radius 2 is 1.23 bits per heavy atom. The van der Waals surface area contributed by atoms with Crippen LogP contribution in [0.1, 0.15) is 0 Å². The molecular formula is C41H23N5O. The lowest BCUT2D eigenvalue weighted by molar-refractivity contribution is 0.673. The van der Waals surface area contributed by atoms with E-state index >= 15 is 0 Å². The third-order valence-electron chi connectivity index (χ3n) is 9.03. The highest BCUT2D eigenvalue weighted by Crippen LogP contribution is 2.41. The molecule has 5 aromatic carbocycles. The molecule has 6 heteroatoms. The second-order valence-corrected chi connectivity index (χ2v) is 11.7. The standard InChI is InChI=1S/C41H23N5O/c1-3-14-34-31(12-1)36-32(17-16-30-28-11-2-4-15-35(28)47-40(30)36)37(46-34)24-8-5-9-26(20-24)41-44-22-27(23-45-41)33-21-25-10-6-18-42-38(25)39-29(33)13-7-19-43-39/h1-23H. The second-order valence-electron chi connectivity index (χ2n) is 11.7. The molecule has 218 valence electrons. The summed E-state index contributed by atoms with van der Waals surface area (Å²) >= 11 is 0. The summed E-state index contributed by atoms with van der Waals surface area (Å²) in [4.78, 5) is 24.1. The Morgan fingerprint density at radius 1 is 0.489 bits per heavy atom. The van der Waals surface area contributed by atoms with Crippen molar-refractivity contribution >= 4 is 65.4 Å². The fraction of sp³-hybridized carbons (Fsp3) is 0. The van der Waals surface area contributed by atoms with Crippen LogP contribution in [-0.2, 0) is 0 Å². The first-order valence-electron chi connectivity index (χ1n) is 15.5. The second kappa shape index (κ2) is 9.99. The maximum Gasteiger partial charge on any atom is 0.159 e. The van der Waals surface area contributed by atoms with Gasteiger partial charge in [0.25, 0.3) is 0 Å². The summed E-state index contributed by atoms with van der Waals surface area (Å²) in [7, 11) is 0. The monoisotopic (exact) mass is 601 g/mol. The van der Waals surface area contributed by atoms with Gasteiger partial charge in [-0.1, -0.05) is 72.8 Å². The van der Waals surface area contributed by atoms with Crippen LogP contribution in [0.2, 0.25) is 0 Å². The van der Waals surface area contributed by atoms with Crippen molar-refractivity contribution in [1.82, 2.24) is 24.9 Å². The van der Waals surface area contributed by atoms with Crippen LogP contribution in [0.25, 0.3) is 99.2 Å². The van der Waals surface area contributed by atoms with Gasteiger partial charge in [-0.05, 0) is 48.0 Å². The Morgan fingerprint density at radius 3 is 2.15 bits per heavy atom. The molecule has 47 heavy (non-hydrogen) atoms. The van der Waals surface area contributed by atoms with Crippen LogP contribution in [0.4, 0.5) is 0 Å². The molecule has 10 rings (SSSR count). The maximum atomic E-state index is 6.50. The predicted molar refractivity (Wildman–Crippen MR) is 189 cm³/mol. The lowest BCUT2D eigenvalue weighted by Gasteiger charge is -2.12. The van der Waals surface area contributed by atoms with Crippen LogP contribution < -0.4 is 0 Å². The Bertz CT molecular complexity index is 2860. The molecule has 10 aromatic rings. The molecule has 0 atom stereocenters. The Labute approximate surface area is 268 Å². The molecule has 0 spiro atoms. The Kier molecular flexibility index (Phi) is 5.48. The number of benzene rings is 5. The fourth-order valence-corrected chi connectivity index (χ4v) is 6.87. The van der Waals surface area contributed by atoms with Crippen molar-refractivity contribution in [2.75, 3.05) is 0 Å². The third kappa shape index (κ3) is 3.95. The lowest BCUT2D eigenvalue weighted by atomic mass is 9.97. The molecule has 5 heterocycles. The van der Waals surface area contributed by atoms with Crippen molar-refractivity contribution in [2.24, 2.45) is 0 Å². The average molecular weight is 602 g/mol. The number of pyridine rings is 3. The van der Waals surface area contributed by atoms with Gasteiger partial charge in [-0.2, -0.15) is 0 Å². The van der Waals surface area contributed by atoms with Gasteiger partial charge in [-0.3, -0.25) is 9.97 Å². The van der Waals surface area contributed by atoms with Crippen molar-refractivity contribution in [1.29, 1.82) is 0 Å². The van der Waals surface area contributed by atoms with E-state index < -0.39 is 0 Å². The van der Waals surface area contributed by atoms with E-state index in [0.29, 0.717) is 5.82 Å². The zero-order valence-electron chi connectivity index (χ0n) is 24.9. The molecule has 0 N–H and O–H groups in total. The Hall–Kier alpha value is -6.53. The number of fused-ring (bicyclic) bond motifs is 10. The van der Waals surface area contributed by atoms with Gasteiger partial charge < -0.3 is 4.42 Å². The SMILES string of the molecule is c1cc(-c2ncc(-c3cc4cccnc4c4ncccc34)cn2)cc(-c2nc3ccccc3c3c2ccc2c4ccccc4oc23)c1. The predicted octanol–water partition coefficient (Wildman–Crippen LogP) is 10.2. The first-order chi connectivity index (χ1) is 23.3. The quantitative estimate of drug-likeness (QED) is 0.188. The van der Waals surface area contributed by atoms with E-state index in [2.05, 4.69) is 82.8 Å². The van der Waals surface area contributed by atoms with Crippen molar-refractivity contribution in [3.8, 4) is 33.8 Å². The van der Waals surface area contributed by atoms with E-state index in [1.807, 2.05) is 54.9 Å². The van der Waals surface area contributed by atoms with Crippen LogP contribution in [0.3, 0.4) is 0 Å². The average Bonchev–Trinajstić information content (AvgIpc) is 3.53. The first-order valence-corrected chi connectivity index (χ1v) is 15.5. The number of rotatable bonds is 3. The third-order valence-corrected chi connectivity index (χ3v) is 9.03. The molecule has 0 saturated heterocycles. The molecule has 0 amide bonds. The van der Waals surface area contributed by atoms with E-state index in [9.17, 15) is 0 Å². The number of hydrogen-bond donors (Lipinski definition) is 0. The van der Waals surface area contributed by atoms with Gasteiger partial charge in [0, 0.05) is 79.2 Å². The molecule has 0 unspecified atom stereocenters. The Balaban J connectivity index is 1.12. The van der Waals surface area contributed by atoms with Crippen molar-refractivity contribution in [3.63, 3.8) is 0 Å². The summed E-state index contributed by atoms with van der Waals surface area (Å²) in [5, 5.41) is 7.43. The van der Waals surface area contributed by atoms with Crippen LogP contribution in [-0.4, -0.2) is 24.9 Å². The van der Waals surface area contributed by atoms with E-state index in [0.717, 1.165) is 93.4 Å². The highest BCUT2D eigenvalue weighted by atomic mass is 16.3. The minimum absolute atomic E-state index is 0.644. The number of nitrogens with zero attached hydrogens (tertiary/aromatic N) is 5. The van der Waals surface area contributed by atoms with Crippen LogP contribution in [0.15, 0.2) is 144 Å². The summed E-state index contributed by atoms with van der Waals surface area (Å²) in [5.41, 5.74) is 9.17. The fourth-order valence-electron chi connectivity index (χ4n) is 6.87. The van der Waals surface area contributed by atoms with Crippen LogP contribution in [0.5, 0.6) is 0 Å². The number of hydrogen-bond acceptors (Lipinski definition) is 6. The minimum Gasteiger partial charge on any atom is -0.455 e. The van der Waals surface area contributed by atoms with Gasteiger partial charge in [0.05, 0.1) is 22.2 Å². The van der Waals surface area contributed by atoms with Gasteiger partial charge in [-0.25, -0.2) is 15.0 Å². The topological polar surface area (TPSA) is 77.6 Å². The van der Waals surface area contributed by atoms with E-state index in [4.69, 9.17) is 19.4 Å². The van der Waals surface area contributed by atoms with E-state index in [1.54, 1.807) is 12.4 Å². The maximum absolute atomic E-state index is 6.50. The summed E-state index contributed by atoms with van der Waals surface area (Å²) in [6.07, 6.45) is 7.39. The summed E-state index contributed by atoms with van der Waals surface area (Å²) in [6, 6.07) is 39.3. The van der Waals surface area contributed by atoms with Crippen LogP contribution >= 0.6 is 0 Å². The van der Waals surface area contributed by atoms with Gasteiger partial charge >= 0.3 is 0 Å². The van der Waals surface area contributed by atoms with Gasteiger partial charge in [0.2, 0.25) is 0 Å². The zero-order chi connectivity index (χ0) is 30.9. The zero-order valence-corrected chi connectivity index (χ0v) is 24.9. The highest BCUT2D eigenvalue weighted by Gasteiger charge is 2.18. The molecular weight excluding hydrogens is 578 g/mol. The molecule has 0 saturated carbocycles. The molecule has 0 radical (unpaired) electrons. The van der Waals surface area contributed by atoms with Crippen molar-refractivity contribution in [3.05, 3.63) is 140 Å². The summed E-state index contributed by atoms with van der Waals surface area (Å²) in [5.74, 6) is 0.644. The van der Waals surface area contributed by atoms with Gasteiger partial charge in [0.15, 0.2) is 5.82 Å². The van der Waals surface area contributed by atoms with Crippen molar-refractivity contribution < 1.29 is 4.42 Å². The highest BCUT2D eigenvalue weighted by molar-refractivity contribution is 6.24. The molecule has 0 aliphatic heterocycles. The van der Waals surface area contributed by atoms with E-state index in [-0.39, 0.29) is 0 Å². The molecule has 0 aliphatic rings. The summed E-state index contributed by atoms with van der Waals surface area (Å²) < 4.78 is 6.50. The van der Waals surface area contributed by atoms with Gasteiger partial charge in [0.1, 0.15) is 11.2 Å². The van der Waals surface area contributed by atoms with Gasteiger partial charge in [-0.15, -0.1) is 0 Å². The van der Waals surface area contributed by atoms with E-state index in [1.165, 1.54) is 0 Å². The summed E-state index contributed by atoms with van der Waals surface area (Å²) in [6.45, 7) is 0. The molecule has 6 nitrogen and oxygen atoms in total. The lowest BCUT2D eigenvalue weighted by Crippen LogP contribution is -1.94. The van der Waals surface area contributed by atoms with Crippen LogP contribution in [0, 0.1) is 0 Å². The first kappa shape index (κ1) is 25.8. The number of aromatic nitrogens is 5. The normalized spacial score (nSPS) is 11.8. The molecule has 5 aromatic heterocycles. The largest absolute Gasteiger partial charge is 0.455 e. The number of para-hydroxylation sites is 2. The smallest absolute Gasteiger partial charge is 0.159 e. The number of furan rings is 1.